The van der Waals surface area contributed by atoms with Crippen LogP contribution in [0.25, 0.3) is 12.2 Å². The summed E-state index contributed by atoms with van der Waals surface area (Å²) in [5.41, 5.74) is 4.79. The standard InChI is InChI=1S/C28H36O4/c1-7-8-17-32-25-21(14-11-19-9-12-20(13-10-19)26(29)30)23(31-6)18-22-24(25)28(4,5)16-15-27(22,2)3/h9-14,18H,7-8,15-17H2,1-6H3,(H,29,30). The van der Waals surface area contributed by atoms with Crippen LogP contribution in [0.3, 0.4) is 0 Å². The minimum Gasteiger partial charge on any atom is -0.496 e. The van der Waals surface area contributed by atoms with E-state index in [1.54, 1.807) is 19.2 Å². The molecule has 0 amide bonds. The summed E-state index contributed by atoms with van der Waals surface area (Å²) in [5.74, 6) is 0.803. The van der Waals surface area contributed by atoms with Crippen molar-refractivity contribution in [3.8, 4) is 11.5 Å². The van der Waals surface area contributed by atoms with Crippen molar-refractivity contribution in [2.45, 2.75) is 71.1 Å². The Balaban J connectivity index is 2.16. The molecule has 2 aromatic rings. The number of carboxylic acid groups (broad SMARTS) is 1. The summed E-state index contributed by atoms with van der Waals surface area (Å²) in [5, 5.41) is 9.14. The second-order valence-electron chi connectivity index (χ2n) is 9.97. The summed E-state index contributed by atoms with van der Waals surface area (Å²) in [6, 6.07) is 9.06. The van der Waals surface area contributed by atoms with Crippen LogP contribution < -0.4 is 9.47 Å². The number of fused-ring (bicyclic) bond motifs is 1. The Morgan fingerprint density at radius 1 is 1.06 bits per heavy atom. The molecule has 172 valence electrons. The molecule has 32 heavy (non-hydrogen) atoms. The topological polar surface area (TPSA) is 55.8 Å². The number of hydrogen-bond donors (Lipinski definition) is 1. The van der Waals surface area contributed by atoms with Gasteiger partial charge in [0.25, 0.3) is 0 Å². The molecule has 0 radical (unpaired) electrons. The fourth-order valence-electron chi connectivity index (χ4n) is 4.45. The number of hydrogen-bond acceptors (Lipinski definition) is 3. The first-order valence-corrected chi connectivity index (χ1v) is 11.5. The predicted molar refractivity (Wildman–Crippen MR) is 131 cm³/mol. The first-order chi connectivity index (χ1) is 15.1. The molecule has 0 unspecified atom stereocenters. The van der Waals surface area contributed by atoms with Crippen molar-refractivity contribution in [3.63, 3.8) is 0 Å². The van der Waals surface area contributed by atoms with Gasteiger partial charge in [0.05, 0.1) is 24.8 Å². The van der Waals surface area contributed by atoms with Crippen molar-refractivity contribution in [3.05, 3.63) is 58.1 Å². The van der Waals surface area contributed by atoms with Crippen LogP contribution >= 0.6 is 0 Å². The van der Waals surface area contributed by atoms with Crippen molar-refractivity contribution in [2.24, 2.45) is 0 Å². The van der Waals surface area contributed by atoms with E-state index in [4.69, 9.17) is 14.6 Å². The SMILES string of the molecule is CCCCOc1c(C=Cc2ccc(C(=O)O)cc2)c(OC)cc2c1C(C)(C)CCC2(C)C. The van der Waals surface area contributed by atoms with Crippen molar-refractivity contribution in [2.75, 3.05) is 13.7 Å². The molecule has 1 aliphatic carbocycles. The molecule has 0 bridgehead atoms. The molecule has 1 aliphatic rings. The van der Waals surface area contributed by atoms with Gasteiger partial charge in [0, 0.05) is 5.56 Å². The average Bonchev–Trinajstić information content (AvgIpc) is 2.75. The Morgan fingerprint density at radius 2 is 1.72 bits per heavy atom. The summed E-state index contributed by atoms with van der Waals surface area (Å²) in [7, 11) is 1.71. The lowest BCUT2D eigenvalue weighted by Gasteiger charge is -2.43. The van der Waals surface area contributed by atoms with Gasteiger partial charge in [-0.25, -0.2) is 4.79 Å². The van der Waals surface area contributed by atoms with Gasteiger partial charge in [-0.05, 0) is 65.5 Å². The number of carboxylic acids is 1. The summed E-state index contributed by atoms with van der Waals surface area (Å²) in [6.45, 7) is 12.0. The van der Waals surface area contributed by atoms with E-state index in [2.05, 4.69) is 40.7 Å². The van der Waals surface area contributed by atoms with Gasteiger partial charge in [0.1, 0.15) is 11.5 Å². The molecule has 0 atom stereocenters. The first kappa shape index (κ1) is 23.9. The largest absolute Gasteiger partial charge is 0.496 e. The molecule has 0 heterocycles. The van der Waals surface area contributed by atoms with Crippen molar-refractivity contribution >= 4 is 18.1 Å². The summed E-state index contributed by atoms with van der Waals surface area (Å²) in [4.78, 5) is 11.1. The average molecular weight is 437 g/mol. The molecule has 4 nitrogen and oxygen atoms in total. The number of methoxy groups -OCH3 is 1. The molecule has 1 N–H and O–H groups in total. The zero-order valence-electron chi connectivity index (χ0n) is 20.2. The Kier molecular flexibility index (Phi) is 7.02. The summed E-state index contributed by atoms with van der Waals surface area (Å²) in [6.07, 6.45) is 8.31. The van der Waals surface area contributed by atoms with Crippen LogP contribution in [0.5, 0.6) is 11.5 Å². The van der Waals surface area contributed by atoms with E-state index in [1.165, 1.54) is 11.1 Å². The fraction of sp³-hybridized carbons (Fsp3) is 0.464. The minimum atomic E-state index is -0.923. The zero-order chi connectivity index (χ0) is 23.5. The molecule has 4 heteroatoms. The highest BCUT2D eigenvalue weighted by molar-refractivity contribution is 5.88. The molecule has 3 rings (SSSR count). The molecule has 0 saturated heterocycles. The summed E-state index contributed by atoms with van der Waals surface area (Å²) < 4.78 is 12.3. The second kappa shape index (κ2) is 9.40. The van der Waals surface area contributed by atoms with Crippen LogP contribution in [0, 0.1) is 0 Å². The third-order valence-electron chi connectivity index (χ3n) is 6.63. The van der Waals surface area contributed by atoms with Crippen molar-refractivity contribution < 1.29 is 19.4 Å². The molecule has 0 saturated carbocycles. The van der Waals surface area contributed by atoms with Gasteiger partial charge in [0.15, 0.2) is 0 Å². The normalized spacial score (nSPS) is 16.6. The number of benzene rings is 2. The Labute approximate surface area is 192 Å². The van der Waals surface area contributed by atoms with Crippen LogP contribution in [0.4, 0.5) is 0 Å². The lowest BCUT2D eigenvalue weighted by molar-refractivity contribution is 0.0697. The van der Waals surface area contributed by atoms with E-state index in [0.29, 0.717) is 6.61 Å². The third kappa shape index (κ3) is 4.85. The number of aromatic carboxylic acids is 1. The highest BCUT2D eigenvalue weighted by Crippen LogP contribution is 2.53. The smallest absolute Gasteiger partial charge is 0.335 e. The van der Waals surface area contributed by atoms with Crippen LogP contribution in [0.15, 0.2) is 30.3 Å². The molecule has 2 aromatic carbocycles. The molecular weight excluding hydrogens is 400 g/mol. The molecule has 0 aliphatic heterocycles. The Hall–Kier alpha value is -2.75. The lowest BCUT2D eigenvalue weighted by atomic mass is 9.62. The first-order valence-electron chi connectivity index (χ1n) is 11.5. The van der Waals surface area contributed by atoms with E-state index >= 15 is 0 Å². The van der Waals surface area contributed by atoms with Gasteiger partial charge in [0.2, 0.25) is 0 Å². The fourth-order valence-corrected chi connectivity index (χ4v) is 4.45. The maximum absolute atomic E-state index is 11.1. The van der Waals surface area contributed by atoms with Gasteiger partial charge in [-0.3, -0.25) is 0 Å². The van der Waals surface area contributed by atoms with Gasteiger partial charge in [-0.15, -0.1) is 0 Å². The van der Waals surface area contributed by atoms with E-state index in [9.17, 15) is 4.79 Å². The second-order valence-corrected chi connectivity index (χ2v) is 9.97. The van der Waals surface area contributed by atoms with E-state index in [1.807, 2.05) is 24.3 Å². The van der Waals surface area contributed by atoms with Gasteiger partial charge in [-0.2, -0.15) is 0 Å². The Bertz CT molecular complexity index is 997. The van der Waals surface area contributed by atoms with Crippen LogP contribution in [-0.2, 0) is 10.8 Å². The van der Waals surface area contributed by atoms with Gasteiger partial charge in [-0.1, -0.05) is 59.2 Å². The highest BCUT2D eigenvalue weighted by atomic mass is 16.5. The lowest BCUT2D eigenvalue weighted by Crippen LogP contribution is -2.34. The number of ether oxygens (including phenoxy) is 2. The maximum Gasteiger partial charge on any atom is 0.335 e. The third-order valence-corrected chi connectivity index (χ3v) is 6.63. The monoisotopic (exact) mass is 436 g/mol. The van der Waals surface area contributed by atoms with Crippen LogP contribution in [0.2, 0.25) is 0 Å². The Morgan fingerprint density at radius 3 is 2.31 bits per heavy atom. The number of carbonyl (C=O) groups is 1. The van der Waals surface area contributed by atoms with E-state index in [-0.39, 0.29) is 16.4 Å². The maximum atomic E-state index is 11.1. The van der Waals surface area contributed by atoms with Crippen molar-refractivity contribution in [1.82, 2.24) is 0 Å². The van der Waals surface area contributed by atoms with Crippen molar-refractivity contribution in [1.29, 1.82) is 0 Å². The molecule has 0 spiro atoms. The van der Waals surface area contributed by atoms with E-state index < -0.39 is 5.97 Å². The van der Waals surface area contributed by atoms with E-state index in [0.717, 1.165) is 48.3 Å². The predicted octanol–water partition coefficient (Wildman–Crippen LogP) is 7.09. The summed E-state index contributed by atoms with van der Waals surface area (Å²) >= 11 is 0. The molecule has 0 fully saturated rings. The molecule has 0 aromatic heterocycles. The van der Waals surface area contributed by atoms with Gasteiger partial charge < -0.3 is 14.6 Å². The van der Waals surface area contributed by atoms with Crippen LogP contribution in [0.1, 0.15) is 92.9 Å². The minimum absolute atomic E-state index is 0.00436. The van der Waals surface area contributed by atoms with Crippen LogP contribution in [-0.4, -0.2) is 24.8 Å². The number of rotatable bonds is 8. The number of unbranched alkanes of at least 4 members (excludes halogenated alkanes) is 1. The highest BCUT2D eigenvalue weighted by Gasteiger charge is 2.41. The molecular formula is C28H36O4. The quantitative estimate of drug-likeness (QED) is 0.354. The van der Waals surface area contributed by atoms with Gasteiger partial charge >= 0.3 is 5.97 Å². The zero-order valence-corrected chi connectivity index (χ0v) is 20.2.